The van der Waals surface area contributed by atoms with Gasteiger partial charge in [-0.15, -0.1) is 5.10 Å². The largest absolute Gasteiger partial charge is 0.394 e. The van der Waals surface area contributed by atoms with Gasteiger partial charge in [0.1, 0.15) is 6.04 Å². The van der Waals surface area contributed by atoms with Crippen molar-refractivity contribution >= 4 is 29.3 Å². The van der Waals surface area contributed by atoms with Gasteiger partial charge in [-0.3, -0.25) is 24.5 Å². The Kier molecular flexibility index (Phi) is 5.15. The number of fused-ring (bicyclic) bond motifs is 2. The summed E-state index contributed by atoms with van der Waals surface area (Å²) in [5.74, 6) is -1.41. The molecule has 3 aliphatic heterocycles. The van der Waals surface area contributed by atoms with Crippen LogP contribution in [0.25, 0.3) is 5.69 Å². The smallest absolute Gasteiger partial charge is 0.280 e. The zero-order valence-corrected chi connectivity index (χ0v) is 19.1. The molecular weight excluding hydrogens is 464 g/mol. The fourth-order valence-corrected chi connectivity index (χ4v) is 5.20. The Labute approximate surface area is 205 Å². The highest BCUT2D eigenvalue weighted by Crippen LogP contribution is 2.33. The molecule has 4 heterocycles. The van der Waals surface area contributed by atoms with E-state index in [-0.39, 0.29) is 49.0 Å². The number of aromatic nitrogens is 3. The summed E-state index contributed by atoms with van der Waals surface area (Å²) < 4.78 is 1.46. The molecule has 1 unspecified atom stereocenters. The molecule has 2 N–H and O–H groups in total. The van der Waals surface area contributed by atoms with Crippen molar-refractivity contribution in [2.24, 2.45) is 0 Å². The summed E-state index contributed by atoms with van der Waals surface area (Å²) in [6.45, 7) is 0.0641. The molecule has 1 saturated heterocycles. The molecule has 11 nitrogen and oxygen atoms in total. The second kappa shape index (κ2) is 8.38. The minimum absolute atomic E-state index is 0.131. The van der Waals surface area contributed by atoms with Gasteiger partial charge in [-0.05, 0) is 48.2 Å². The molecule has 2 atom stereocenters. The number of amides is 4. The standard InChI is InChI=1S/C25H22N6O5/c32-13-17-9-14-3-1-2-4-20(14)31(17)25(36)19-12-30(28-27-19)16-5-6-18-15(10-16)11-29(24(18)35)21-7-8-22(33)26-23(21)34/h1-6,10,12,17,21,32H,7-9,11,13H2,(H,26,33,34)/t17-,21?/m0/s1. The van der Waals surface area contributed by atoms with Crippen LogP contribution in [0.3, 0.4) is 0 Å². The molecule has 2 aromatic carbocycles. The summed E-state index contributed by atoms with van der Waals surface area (Å²) >= 11 is 0. The third kappa shape index (κ3) is 3.47. The third-order valence-electron chi connectivity index (χ3n) is 6.99. The number of aliphatic hydroxyl groups excluding tert-OH is 1. The quantitative estimate of drug-likeness (QED) is 0.515. The fourth-order valence-electron chi connectivity index (χ4n) is 5.20. The molecule has 1 fully saturated rings. The molecule has 0 aliphatic carbocycles. The number of hydrogen-bond acceptors (Lipinski definition) is 7. The lowest BCUT2D eigenvalue weighted by Crippen LogP contribution is -2.52. The van der Waals surface area contributed by atoms with Crippen LogP contribution in [-0.2, 0) is 22.6 Å². The molecule has 0 radical (unpaired) electrons. The van der Waals surface area contributed by atoms with Crippen LogP contribution in [0.1, 0.15) is 44.8 Å². The molecule has 3 aliphatic rings. The Balaban J connectivity index is 1.24. The number of piperidine rings is 1. The lowest BCUT2D eigenvalue weighted by molar-refractivity contribution is -0.136. The number of rotatable bonds is 4. The van der Waals surface area contributed by atoms with E-state index >= 15 is 0 Å². The summed E-state index contributed by atoms with van der Waals surface area (Å²) in [7, 11) is 0. The minimum Gasteiger partial charge on any atom is -0.394 e. The Hall–Kier alpha value is -4.38. The number of aliphatic hydroxyl groups is 1. The number of para-hydroxylation sites is 1. The van der Waals surface area contributed by atoms with Crippen LogP contribution < -0.4 is 10.2 Å². The van der Waals surface area contributed by atoms with E-state index < -0.39 is 11.9 Å². The first-order valence-electron chi connectivity index (χ1n) is 11.7. The van der Waals surface area contributed by atoms with E-state index in [1.54, 1.807) is 23.1 Å². The van der Waals surface area contributed by atoms with Crippen molar-refractivity contribution in [1.29, 1.82) is 0 Å². The van der Waals surface area contributed by atoms with Crippen molar-refractivity contribution in [3.05, 3.63) is 71.0 Å². The van der Waals surface area contributed by atoms with Gasteiger partial charge in [0.05, 0.1) is 24.5 Å². The summed E-state index contributed by atoms with van der Waals surface area (Å²) in [5, 5.41) is 20.3. The SMILES string of the molecule is O=C1CCC(N2Cc3cc(-n4cc(C(=O)N5c6ccccc6C[C@H]5CO)nn4)ccc3C2=O)C(=O)N1. The van der Waals surface area contributed by atoms with Crippen molar-refractivity contribution in [1.82, 2.24) is 25.2 Å². The van der Waals surface area contributed by atoms with Gasteiger partial charge in [0.2, 0.25) is 11.8 Å². The predicted octanol–water partition coefficient (Wildman–Crippen LogP) is 0.592. The molecule has 11 heteroatoms. The molecule has 182 valence electrons. The average Bonchev–Trinajstić information content (AvgIpc) is 3.59. The van der Waals surface area contributed by atoms with Crippen molar-refractivity contribution in [2.75, 3.05) is 11.5 Å². The maximum Gasteiger partial charge on any atom is 0.280 e. The van der Waals surface area contributed by atoms with Crippen LogP contribution in [0.15, 0.2) is 48.7 Å². The first-order chi connectivity index (χ1) is 17.4. The van der Waals surface area contributed by atoms with Crippen LogP contribution >= 0.6 is 0 Å². The lowest BCUT2D eigenvalue weighted by Gasteiger charge is -2.29. The van der Waals surface area contributed by atoms with Gasteiger partial charge in [0.15, 0.2) is 5.69 Å². The molecule has 3 aromatic rings. The molecule has 0 saturated carbocycles. The lowest BCUT2D eigenvalue weighted by atomic mass is 10.0. The van der Waals surface area contributed by atoms with Gasteiger partial charge < -0.3 is 14.9 Å². The minimum atomic E-state index is -0.690. The number of imide groups is 1. The number of nitrogens with one attached hydrogen (secondary N) is 1. The van der Waals surface area contributed by atoms with Crippen LogP contribution in [0, 0.1) is 0 Å². The fraction of sp³-hybridized carbons (Fsp3) is 0.280. The molecule has 0 spiro atoms. The molecule has 4 amide bonds. The number of hydrogen-bond donors (Lipinski definition) is 2. The maximum atomic E-state index is 13.3. The van der Waals surface area contributed by atoms with Crippen molar-refractivity contribution in [2.45, 2.75) is 37.9 Å². The van der Waals surface area contributed by atoms with Gasteiger partial charge >= 0.3 is 0 Å². The number of benzene rings is 2. The first-order valence-corrected chi connectivity index (χ1v) is 11.7. The molecule has 0 bridgehead atoms. The van der Waals surface area contributed by atoms with Crippen LogP contribution in [0.4, 0.5) is 5.69 Å². The maximum absolute atomic E-state index is 13.3. The van der Waals surface area contributed by atoms with Gasteiger partial charge in [-0.1, -0.05) is 23.4 Å². The average molecular weight is 486 g/mol. The van der Waals surface area contributed by atoms with Crippen LogP contribution in [-0.4, -0.2) is 67.3 Å². The topological polar surface area (TPSA) is 138 Å². The zero-order chi connectivity index (χ0) is 25.0. The first kappa shape index (κ1) is 22.1. The predicted molar refractivity (Wildman–Crippen MR) is 125 cm³/mol. The van der Waals surface area contributed by atoms with Crippen LogP contribution in [0.2, 0.25) is 0 Å². The second-order valence-corrected chi connectivity index (χ2v) is 9.13. The van der Waals surface area contributed by atoms with Gasteiger partial charge in [-0.25, -0.2) is 4.68 Å². The summed E-state index contributed by atoms with van der Waals surface area (Å²) in [4.78, 5) is 53.0. The summed E-state index contributed by atoms with van der Waals surface area (Å²) in [5.41, 5.74) is 3.69. The van der Waals surface area contributed by atoms with E-state index in [0.29, 0.717) is 24.1 Å². The van der Waals surface area contributed by atoms with E-state index in [9.17, 15) is 24.3 Å². The number of anilines is 1. The Morgan fingerprint density at radius 1 is 1.11 bits per heavy atom. The third-order valence-corrected chi connectivity index (χ3v) is 6.99. The highest BCUT2D eigenvalue weighted by atomic mass is 16.3. The second-order valence-electron chi connectivity index (χ2n) is 9.13. The molecular formula is C25H22N6O5. The Bertz CT molecular complexity index is 1430. The Morgan fingerprint density at radius 3 is 2.75 bits per heavy atom. The molecule has 1 aromatic heterocycles. The summed E-state index contributed by atoms with van der Waals surface area (Å²) in [6.07, 6.45) is 2.57. The van der Waals surface area contributed by atoms with Gasteiger partial charge in [-0.2, -0.15) is 0 Å². The van der Waals surface area contributed by atoms with E-state index in [1.807, 2.05) is 24.3 Å². The highest BCUT2D eigenvalue weighted by molar-refractivity contribution is 6.07. The zero-order valence-electron chi connectivity index (χ0n) is 19.1. The normalized spacial score (nSPS) is 21.0. The number of carbonyl (C=O) groups excluding carboxylic acids is 4. The highest BCUT2D eigenvalue weighted by Gasteiger charge is 2.39. The van der Waals surface area contributed by atoms with E-state index in [1.165, 1.54) is 15.8 Å². The van der Waals surface area contributed by atoms with Crippen molar-refractivity contribution < 1.29 is 24.3 Å². The summed E-state index contributed by atoms with van der Waals surface area (Å²) in [6, 6.07) is 11.6. The molecule has 36 heavy (non-hydrogen) atoms. The number of nitrogens with zero attached hydrogens (tertiary/aromatic N) is 5. The van der Waals surface area contributed by atoms with Crippen molar-refractivity contribution in [3.63, 3.8) is 0 Å². The van der Waals surface area contributed by atoms with E-state index in [4.69, 9.17) is 0 Å². The van der Waals surface area contributed by atoms with Gasteiger partial charge in [0, 0.05) is 24.2 Å². The van der Waals surface area contributed by atoms with Crippen molar-refractivity contribution in [3.8, 4) is 5.69 Å². The monoisotopic (exact) mass is 486 g/mol. The van der Waals surface area contributed by atoms with Crippen LogP contribution in [0.5, 0.6) is 0 Å². The van der Waals surface area contributed by atoms with E-state index in [0.717, 1.165) is 16.8 Å². The Morgan fingerprint density at radius 2 is 1.94 bits per heavy atom. The molecule has 6 rings (SSSR count). The number of carbonyl (C=O) groups is 4. The van der Waals surface area contributed by atoms with Gasteiger partial charge in [0.25, 0.3) is 11.8 Å². The van der Waals surface area contributed by atoms with E-state index in [2.05, 4.69) is 15.6 Å².